The van der Waals surface area contributed by atoms with Crippen LogP contribution in [0.25, 0.3) is 5.65 Å². The molecule has 0 spiro atoms. The maximum atomic E-state index is 13.3. The van der Waals surface area contributed by atoms with E-state index in [9.17, 15) is 13.6 Å². The summed E-state index contributed by atoms with van der Waals surface area (Å²) in [6, 6.07) is 17.3. The zero-order valence-electron chi connectivity index (χ0n) is 17.8. The maximum absolute atomic E-state index is 13.3. The van der Waals surface area contributed by atoms with E-state index in [1.54, 1.807) is 67.9 Å². The van der Waals surface area contributed by atoms with Gasteiger partial charge in [0.05, 0.1) is 12.8 Å². The number of pyridine rings is 1. The summed E-state index contributed by atoms with van der Waals surface area (Å²) in [4.78, 5) is 22.8. The lowest BCUT2D eigenvalue weighted by Gasteiger charge is -2.12. The van der Waals surface area contributed by atoms with Crippen LogP contribution in [0.3, 0.4) is 0 Å². The number of alkyl halides is 2. The highest BCUT2D eigenvalue weighted by Crippen LogP contribution is 2.27. The Morgan fingerprint density at radius 1 is 1.12 bits per heavy atom. The highest BCUT2D eigenvalue weighted by atomic mass is 32.2. The van der Waals surface area contributed by atoms with Gasteiger partial charge >= 0.3 is 0 Å². The smallest absolute Gasteiger partial charge is 0.288 e. The fourth-order valence-corrected chi connectivity index (χ4v) is 3.69. The van der Waals surface area contributed by atoms with Crippen molar-refractivity contribution in [3.63, 3.8) is 0 Å². The molecule has 33 heavy (non-hydrogen) atoms. The highest BCUT2D eigenvalue weighted by Gasteiger charge is 2.13. The van der Waals surface area contributed by atoms with E-state index in [-0.39, 0.29) is 11.1 Å². The number of methoxy groups -OCH3 is 1. The van der Waals surface area contributed by atoms with Crippen LogP contribution in [-0.2, 0) is 0 Å². The van der Waals surface area contributed by atoms with Gasteiger partial charge in [-0.15, -0.1) is 0 Å². The second-order valence-electron chi connectivity index (χ2n) is 7.05. The number of nitrogens with zero attached hydrogens (tertiary/aromatic N) is 3. The molecule has 0 aliphatic rings. The van der Waals surface area contributed by atoms with E-state index < -0.39 is 5.76 Å². The largest absolute Gasteiger partial charge is 0.497 e. The van der Waals surface area contributed by atoms with E-state index in [1.807, 2.05) is 13.0 Å². The quantitative estimate of drug-likeness (QED) is 0.275. The van der Waals surface area contributed by atoms with Gasteiger partial charge in [-0.05, 0) is 67.1 Å². The van der Waals surface area contributed by atoms with E-state index in [0.717, 1.165) is 5.56 Å². The van der Waals surface area contributed by atoms with Gasteiger partial charge in [0, 0.05) is 23.0 Å². The zero-order valence-corrected chi connectivity index (χ0v) is 18.6. The predicted octanol–water partition coefficient (Wildman–Crippen LogP) is 5.82. The first-order valence-corrected chi connectivity index (χ1v) is 10.8. The number of aliphatic imine (C=N–C) groups is 1. The van der Waals surface area contributed by atoms with Crippen molar-refractivity contribution in [2.45, 2.75) is 17.6 Å². The summed E-state index contributed by atoms with van der Waals surface area (Å²) in [5.74, 6) is -1.47. The van der Waals surface area contributed by atoms with Gasteiger partial charge in [-0.1, -0.05) is 17.8 Å². The predicted molar refractivity (Wildman–Crippen MR) is 128 cm³/mol. The Labute approximate surface area is 193 Å². The number of fused-ring (bicyclic) bond motifs is 1. The minimum atomic E-state index is -2.49. The standard InChI is InChI=1S/C24H20F2N4O2S/c1-15-4-3-13-30-22(15)29-21(28-17-7-11-19(12-8-17)33-24(25)26)20(23(30)31)14-27-16-5-9-18(32-2)10-6-16/h3-14,24,28H,1-2H3. The molecule has 9 heteroatoms. The monoisotopic (exact) mass is 466 g/mol. The molecule has 0 fully saturated rings. The van der Waals surface area contributed by atoms with Gasteiger partial charge in [0.2, 0.25) is 0 Å². The Hall–Kier alpha value is -3.72. The molecule has 0 aliphatic carbocycles. The summed E-state index contributed by atoms with van der Waals surface area (Å²) >= 11 is 0.471. The van der Waals surface area contributed by atoms with Crippen molar-refractivity contribution in [2.24, 2.45) is 4.99 Å². The lowest BCUT2D eigenvalue weighted by atomic mass is 10.2. The third kappa shape index (κ3) is 5.20. The number of hydrogen-bond acceptors (Lipinski definition) is 6. The van der Waals surface area contributed by atoms with E-state index in [4.69, 9.17) is 4.74 Å². The number of thioether (sulfide) groups is 1. The van der Waals surface area contributed by atoms with Gasteiger partial charge in [0.1, 0.15) is 22.8 Å². The molecule has 6 nitrogen and oxygen atoms in total. The molecule has 0 saturated heterocycles. The van der Waals surface area contributed by atoms with Crippen LogP contribution in [0.4, 0.5) is 26.0 Å². The summed E-state index contributed by atoms with van der Waals surface area (Å²) in [6.07, 6.45) is 3.12. The lowest BCUT2D eigenvalue weighted by molar-refractivity contribution is 0.252. The topological polar surface area (TPSA) is 68.0 Å². The van der Waals surface area contributed by atoms with Crippen molar-refractivity contribution in [3.8, 4) is 5.75 Å². The number of anilines is 2. The van der Waals surface area contributed by atoms with Crippen molar-refractivity contribution >= 4 is 40.8 Å². The van der Waals surface area contributed by atoms with Crippen LogP contribution in [0, 0.1) is 6.92 Å². The average Bonchev–Trinajstić information content (AvgIpc) is 2.81. The zero-order chi connectivity index (χ0) is 23.4. The van der Waals surface area contributed by atoms with Crippen LogP contribution in [0.15, 0.2) is 81.5 Å². The Morgan fingerprint density at radius 3 is 2.52 bits per heavy atom. The van der Waals surface area contributed by atoms with Crippen molar-refractivity contribution < 1.29 is 13.5 Å². The molecule has 168 valence electrons. The summed E-state index contributed by atoms with van der Waals surface area (Å²) in [6.45, 7) is 1.87. The highest BCUT2D eigenvalue weighted by molar-refractivity contribution is 7.99. The molecule has 0 aliphatic heterocycles. The molecule has 0 atom stereocenters. The van der Waals surface area contributed by atoms with E-state index in [1.165, 1.54) is 10.6 Å². The second-order valence-corrected chi connectivity index (χ2v) is 8.11. The fourth-order valence-electron chi connectivity index (χ4n) is 3.19. The summed E-state index contributed by atoms with van der Waals surface area (Å²) < 4.78 is 31.8. The molecule has 2 aromatic carbocycles. The van der Waals surface area contributed by atoms with Crippen LogP contribution in [0.5, 0.6) is 5.75 Å². The van der Waals surface area contributed by atoms with Gasteiger partial charge in [-0.25, -0.2) is 4.98 Å². The number of aryl methyl sites for hydroxylation is 1. The number of nitrogens with one attached hydrogen (secondary N) is 1. The lowest BCUT2D eigenvalue weighted by Crippen LogP contribution is -2.22. The number of hydrogen-bond donors (Lipinski definition) is 1. The first-order chi connectivity index (χ1) is 15.9. The van der Waals surface area contributed by atoms with Crippen LogP contribution >= 0.6 is 11.8 Å². The summed E-state index contributed by atoms with van der Waals surface area (Å²) in [5, 5.41) is 3.14. The number of ether oxygens (including phenoxy) is 1. The van der Waals surface area contributed by atoms with Crippen molar-refractivity contribution in [3.05, 3.63) is 88.3 Å². The average molecular weight is 467 g/mol. The van der Waals surface area contributed by atoms with E-state index in [2.05, 4.69) is 15.3 Å². The van der Waals surface area contributed by atoms with Gasteiger partial charge in [-0.3, -0.25) is 14.2 Å². The van der Waals surface area contributed by atoms with Crippen LogP contribution in [0.1, 0.15) is 11.1 Å². The number of aromatic nitrogens is 2. The Kier molecular flexibility index (Phi) is 6.69. The molecule has 0 amide bonds. The third-order valence-corrected chi connectivity index (χ3v) is 5.56. The van der Waals surface area contributed by atoms with E-state index in [0.29, 0.717) is 45.2 Å². The molecule has 4 rings (SSSR count). The molecular weight excluding hydrogens is 446 g/mol. The number of halogens is 2. The summed E-state index contributed by atoms with van der Waals surface area (Å²) in [7, 11) is 1.58. The van der Waals surface area contributed by atoms with Crippen LogP contribution in [0.2, 0.25) is 0 Å². The van der Waals surface area contributed by atoms with E-state index >= 15 is 0 Å². The maximum Gasteiger partial charge on any atom is 0.288 e. The van der Waals surface area contributed by atoms with Crippen molar-refractivity contribution in [1.82, 2.24) is 9.38 Å². The first kappa shape index (κ1) is 22.5. The van der Waals surface area contributed by atoms with Crippen LogP contribution in [-0.4, -0.2) is 28.5 Å². The molecule has 0 radical (unpaired) electrons. The van der Waals surface area contributed by atoms with Crippen LogP contribution < -0.4 is 15.6 Å². The van der Waals surface area contributed by atoms with Crippen molar-refractivity contribution in [2.75, 3.05) is 12.4 Å². The fraction of sp³-hybridized carbons (Fsp3) is 0.125. The Balaban J connectivity index is 1.75. The van der Waals surface area contributed by atoms with Gasteiger partial charge in [-0.2, -0.15) is 8.78 Å². The summed E-state index contributed by atoms with van der Waals surface area (Å²) in [5.41, 5.74) is 2.58. The van der Waals surface area contributed by atoms with Crippen molar-refractivity contribution in [1.29, 1.82) is 0 Å². The molecule has 0 unspecified atom stereocenters. The molecular formula is C24H20F2N4O2S. The normalized spacial score (nSPS) is 11.4. The first-order valence-electron chi connectivity index (χ1n) is 9.96. The van der Waals surface area contributed by atoms with Gasteiger partial charge in [0.15, 0.2) is 0 Å². The van der Waals surface area contributed by atoms with Gasteiger partial charge < -0.3 is 10.1 Å². The second kappa shape index (κ2) is 9.83. The van der Waals surface area contributed by atoms with Gasteiger partial charge in [0.25, 0.3) is 11.3 Å². The minimum absolute atomic E-state index is 0.264. The number of benzene rings is 2. The Morgan fingerprint density at radius 2 is 1.85 bits per heavy atom. The molecule has 0 bridgehead atoms. The molecule has 2 heterocycles. The molecule has 0 saturated carbocycles. The third-order valence-electron chi connectivity index (χ3n) is 4.84. The number of rotatable bonds is 7. The molecule has 1 N–H and O–H groups in total. The SMILES string of the molecule is COc1ccc(N=Cc2c(Nc3ccc(SC(F)F)cc3)nc3c(C)cccn3c2=O)cc1. The Bertz CT molecular complexity index is 1350. The molecule has 4 aromatic rings. The molecule has 2 aromatic heterocycles. The minimum Gasteiger partial charge on any atom is -0.497 e.